The molecule has 0 spiro atoms. The quantitative estimate of drug-likeness (QED) is 0.491. The average Bonchev–Trinajstić information content (AvgIpc) is 2.68. The van der Waals surface area contributed by atoms with Crippen LogP contribution in [-0.2, 0) is 6.18 Å². The molecule has 2 heterocycles. The van der Waals surface area contributed by atoms with Gasteiger partial charge in [0.2, 0.25) is 0 Å². The Hall–Kier alpha value is -3.39. The van der Waals surface area contributed by atoms with Crippen LogP contribution in [0.15, 0.2) is 76.6 Å². The second-order valence-corrected chi connectivity index (χ2v) is 6.56. The van der Waals surface area contributed by atoms with Crippen molar-refractivity contribution in [2.24, 2.45) is 0 Å². The third-order valence-corrected chi connectivity index (χ3v) is 4.69. The number of benzene rings is 2. The van der Waals surface area contributed by atoms with Crippen molar-refractivity contribution < 1.29 is 13.2 Å². The van der Waals surface area contributed by atoms with E-state index in [-0.39, 0.29) is 22.3 Å². The summed E-state index contributed by atoms with van der Waals surface area (Å²) in [4.78, 5) is 30.1. The SMILES string of the molecule is O=c1c2ccccc2n(-c2ccc(C(F)(F)F)c(Cl)c2)c(=O)n1-c1cccnc1. The second-order valence-electron chi connectivity index (χ2n) is 6.15. The van der Waals surface area contributed by atoms with Crippen LogP contribution in [0.2, 0.25) is 5.02 Å². The van der Waals surface area contributed by atoms with Gasteiger partial charge < -0.3 is 0 Å². The minimum atomic E-state index is -4.63. The molecule has 0 saturated heterocycles. The van der Waals surface area contributed by atoms with E-state index in [0.717, 1.165) is 27.3 Å². The number of nitrogens with zero attached hydrogens (tertiary/aromatic N) is 3. The van der Waals surface area contributed by atoms with Crippen molar-refractivity contribution >= 4 is 22.5 Å². The lowest BCUT2D eigenvalue weighted by molar-refractivity contribution is -0.137. The lowest BCUT2D eigenvalue weighted by atomic mass is 10.1. The van der Waals surface area contributed by atoms with Crippen LogP contribution in [0.4, 0.5) is 13.2 Å². The van der Waals surface area contributed by atoms with E-state index < -0.39 is 28.0 Å². The van der Waals surface area contributed by atoms with Crippen LogP contribution in [-0.4, -0.2) is 14.1 Å². The maximum absolute atomic E-state index is 13.2. The number of fused-ring (bicyclic) bond motifs is 1. The molecule has 5 nitrogen and oxygen atoms in total. The molecular weight excluding hydrogens is 407 g/mol. The molecule has 0 bridgehead atoms. The van der Waals surface area contributed by atoms with Crippen molar-refractivity contribution in [1.82, 2.24) is 14.1 Å². The Kier molecular flexibility index (Phi) is 4.50. The van der Waals surface area contributed by atoms with Crippen LogP contribution in [0.25, 0.3) is 22.3 Å². The first-order chi connectivity index (χ1) is 13.8. The summed E-state index contributed by atoms with van der Waals surface area (Å²) in [6.07, 6.45) is -1.79. The summed E-state index contributed by atoms with van der Waals surface area (Å²) < 4.78 is 41.2. The summed E-state index contributed by atoms with van der Waals surface area (Å²) in [5.74, 6) is 0. The first-order valence-electron chi connectivity index (χ1n) is 8.33. The minimum absolute atomic E-state index is 0.0989. The molecule has 29 heavy (non-hydrogen) atoms. The summed E-state index contributed by atoms with van der Waals surface area (Å²) in [7, 11) is 0. The van der Waals surface area contributed by atoms with Crippen molar-refractivity contribution in [1.29, 1.82) is 0 Å². The van der Waals surface area contributed by atoms with Crippen LogP contribution < -0.4 is 11.2 Å². The van der Waals surface area contributed by atoms with Gasteiger partial charge >= 0.3 is 11.9 Å². The first-order valence-corrected chi connectivity index (χ1v) is 8.71. The van der Waals surface area contributed by atoms with Crippen molar-refractivity contribution in [2.75, 3.05) is 0 Å². The number of alkyl halides is 3. The molecule has 146 valence electrons. The van der Waals surface area contributed by atoms with Crippen LogP contribution in [0.3, 0.4) is 0 Å². The Morgan fingerprint density at radius 1 is 0.897 bits per heavy atom. The highest BCUT2D eigenvalue weighted by molar-refractivity contribution is 6.31. The molecule has 2 aromatic carbocycles. The Morgan fingerprint density at radius 3 is 2.31 bits per heavy atom. The molecule has 0 saturated carbocycles. The predicted octanol–water partition coefficient (Wildman–Crippen LogP) is 4.21. The van der Waals surface area contributed by atoms with E-state index in [1.807, 2.05) is 0 Å². The van der Waals surface area contributed by atoms with E-state index in [9.17, 15) is 22.8 Å². The number of pyridine rings is 1. The van der Waals surface area contributed by atoms with Crippen molar-refractivity contribution in [3.63, 3.8) is 0 Å². The largest absolute Gasteiger partial charge is 0.417 e. The van der Waals surface area contributed by atoms with E-state index >= 15 is 0 Å². The Labute approximate surface area is 166 Å². The van der Waals surface area contributed by atoms with E-state index in [1.165, 1.54) is 30.6 Å². The number of rotatable bonds is 2. The summed E-state index contributed by atoms with van der Waals surface area (Å²) >= 11 is 5.84. The second kappa shape index (κ2) is 6.89. The van der Waals surface area contributed by atoms with Crippen molar-refractivity contribution in [3.05, 3.63) is 98.4 Å². The number of para-hydroxylation sites is 1. The molecule has 0 aliphatic carbocycles. The monoisotopic (exact) mass is 417 g/mol. The maximum atomic E-state index is 13.2. The van der Waals surface area contributed by atoms with E-state index in [2.05, 4.69) is 4.98 Å². The van der Waals surface area contributed by atoms with Gasteiger partial charge in [-0.05, 0) is 42.5 Å². The third kappa shape index (κ3) is 3.21. The van der Waals surface area contributed by atoms with Gasteiger partial charge in [-0.15, -0.1) is 0 Å². The van der Waals surface area contributed by atoms with Crippen LogP contribution in [0, 0.1) is 0 Å². The Balaban J connectivity index is 2.10. The van der Waals surface area contributed by atoms with Crippen LogP contribution in [0.5, 0.6) is 0 Å². The van der Waals surface area contributed by atoms with Gasteiger partial charge in [-0.2, -0.15) is 13.2 Å². The van der Waals surface area contributed by atoms with Gasteiger partial charge in [-0.1, -0.05) is 23.7 Å². The van der Waals surface area contributed by atoms with Crippen molar-refractivity contribution in [2.45, 2.75) is 6.18 Å². The third-order valence-electron chi connectivity index (χ3n) is 4.38. The topological polar surface area (TPSA) is 56.9 Å². The fraction of sp³-hybridized carbons (Fsp3) is 0.0500. The standard InChI is InChI=1S/C20H11ClF3N3O2/c21-16-10-12(7-8-15(16)20(22,23)24)26-17-6-2-1-5-14(17)18(28)27(19(26)29)13-4-3-9-25-11-13/h1-11H. The highest BCUT2D eigenvalue weighted by Crippen LogP contribution is 2.35. The number of halogens is 4. The molecule has 0 unspecified atom stereocenters. The fourth-order valence-electron chi connectivity index (χ4n) is 3.10. The zero-order valence-corrected chi connectivity index (χ0v) is 15.3. The van der Waals surface area contributed by atoms with E-state index in [0.29, 0.717) is 0 Å². The summed E-state index contributed by atoms with van der Waals surface area (Å²) in [6, 6.07) is 12.4. The lowest BCUT2D eigenvalue weighted by Gasteiger charge is -2.16. The van der Waals surface area contributed by atoms with Crippen LogP contribution in [0.1, 0.15) is 5.56 Å². The normalized spacial score (nSPS) is 11.7. The first kappa shape index (κ1) is 18.9. The van der Waals surface area contributed by atoms with Gasteiger partial charge in [0.25, 0.3) is 5.56 Å². The Morgan fingerprint density at radius 2 is 1.66 bits per heavy atom. The number of hydrogen-bond donors (Lipinski definition) is 0. The van der Waals surface area contributed by atoms with Gasteiger partial charge in [-0.25, -0.2) is 9.36 Å². The van der Waals surface area contributed by atoms with Gasteiger partial charge in [0.05, 0.1) is 39.1 Å². The molecule has 0 amide bonds. The average molecular weight is 418 g/mol. The number of aromatic nitrogens is 3. The van der Waals surface area contributed by atoms with Gasteiger partial charge in [0, 0.05) is 6.20 Å². The molecule has 4 rings (SSSR count). The summed E-state index contributed by atoms with van der Waals surface area (Å²) in [6.45, 7) is 0. The molecule has 2 aromatic heterocycles. The molecule has 0 fully saturated rings. The molecule has 4 aromatic rings. The molecular formula is C20H11ClF3N3O2. The summed E-state index contributed by atoms with van der Waals surface area (Å²) in [5, 5.41) is -0.336. The maximum Gasteiger partial charge on any atom is 0.417 e. The number of hydrogen-bond acceptors (Lipinski definition) is 3. The minimum Gasteiger partial charge on any atom is -0.268 e. The molecule has 9 heteroatoms. The smallest absolute Gasteiger partial charge is 0.268 e. The van der Waals surface area contributed by atoms with E-state index in [4.69, 9.17) is 11.6 Å². The molecule has 0 N–H and O–H groups in total. The Bertz CT molecular complexity index is 1350. The molecule has 0 atom stereocenters. The van der Waals surface area contributed by atoms with E-state index in [1.54, 1.807) is 18.2 Å². The van der Waals surface area contributed by atoms with Gasteiger partial charge in [0.1, 0.15) is 0 Å². The highest BCUT2D eigenvalue weighted by atomic mass is 35.5. The molecule has 0 radical (unpaired) electrons. The zero-order chi connectivity index (χ0) is 20.8. The molecule has 0 aliphatic heterocycles. The summed E-state index contributed by atoms with van der Waals surface area (Å²) in [5.41, 5.74) is -1.74. The van der Waals surface area contributed by atoms with Crippen LogP contribution >= 0.6 is 11.6 Å². The predicted molar refractivity (Wildman–Crippen MR) is 103 cm³/mol. The van der Waals surface area contributed by atoms with Gasteiger partial charge in [0.15, 0.2) is 0 Å². The van der Waals surface area contributed by atoms with Gasteiger partial charge in [-0.3, -0.25) is 14.3 Å². The fourth-order valence-corrected chi connectivity index (χ4v) is 3.38. The van der Waals surface area contributed by atoms with Crippen molar-refractivity contribution in [3.8, 4) is 11.4 Å². The molecule has 0 aliphatic rings. The zero-order valence-electron chi connectivity index (χ0n) is 14.5. The lowest BCUT2D eigenvalue weighted by Crippen LogP contribution is -2.38. The highest BCUT2D eigenvalue weighted by Gasteiger charge is 2.33.